The molecule has 0 spiro atoms. The van der Waals surface area contributed by atoms with Gasteiger partial charge in [-0.05, 0) is 25.1 Å². The first-order valence-corrected chi connectivity index (χ1v) is 13.4. The molecule has 0 aliphatic carbocycles. The standard InChI is InChI=1S/C27H29ClN4O4S/c1-18(19-6-5-9-22(25(19)28)35-15-14-31-12-10-29-11-13-31)36-23-16-24(37-26(23)27(33)34-2)32-17-30-20-7-3-4-8-21(20)32/h3-9,16-18,29H,10-15H2,1-2H3/t18-/m1/s1. The number of carbonyl (C=O) groups is 1. The molecule has 0 saturated carbocycles. The molecule has 0 radical (unpaired) electrons. The first-order valence-electron chi connectivity index (χ1n) is 12.2. The second-order valence-corrected chi connectivity index (χ2v) is 10.1. The van der Waals surface area contributed by atoms with E-state index in [9.17, 15) is 4.79 Å². The Balaban J connectivity index is 1.35. The smallest absolute Gasteiger partial charge is 0.351 e. The fourth-order valence-corrected chi connectivity index (χ4v) is 5.69. The lowest BCUT2D eigenvalue weighted by Crippen LogP contribution is -2.44. The lowest BCUT2D eigenvalue weighted by atomic mass is 10.1. The molecule has 1 aliphatic heterocycles. The van der Waals surface area contributed by atoms with E-state index in [0.717, 1.165) is 54.3 Å². The molecule has 8 nitrogen and oxygen atoms in total. The van der Waals surface area contributed by atoms with Crippen LogP contribution in [-0.4, -0.2) is 66.9 Å². The number of halogens is 1. The number of nitrogens with zero attached hydrogens (tertiary/aromatic N) is 3. The highest BCUT2D eigenvalue weighted by molar-refractivity contribution is 7.16. The molecule has 1 fully saturated rings. The number of methoxy groups -OCH3 is 1. The average Bonchev–Trinajstić information content (AvgIpc) is 3.54. The number of ether oxygens (including phenoxy) is 3. The third-order valence-corrected chi connectivity index (χ3v) is 7.86. The number of esters is 1. The number of thiophene rings is 1. The van der Waals surface area contributed by atoms with Gasteiger partial charge in [-0.3, -0.25) is 9.47 Å². The van der Waals surface area contributed by atoms with Gasteiger partial charge in [0.05, 0.1) is 23.2 Å². The Labute approximate surface area is 224 Å². The van der Waals surface area contributed by atoms with Crippen LogP contribution >= 0.6 is 22.9 Å². The summed E-state index contributed by atoms with van der Waals surface area (Å²) in [7, 11) is 1.36. The minimum Gasteiger partial charge on any atom is -0.491 e. The van der Waals surface area contributed by atoms with E-state index in [1.54, 1.807) is 6.33 Å². The molecule has 194 valence electrons. The van der Waals surface area contributed by atoms with Gasteiger partial charge in [0.15, 0.2) is 4.88 Å². The number of aromatic nitrogens is 2. The molecular formula is C27H29ClN4O4S. The molecule has 4 aromatic rings. The molecule has 0 bridgehead atoms. The highest BCUT2D eigenvalue weighted by atomic mass is 35.5. The van der Waals surface area contributed by atoms with Crippen molar-refractivity contribution in [2.75, 3.05) is 46.4 Å². The fourth-order valence-electron chi connectivity index (χ4n) is 4.36. The predicted molar refractivity (Wildman–Crippen MR) is 146 cm³/mol. The zero-order valence-corrected chi connectivity index (χ0v) is 22.3. The molecule has 3 heterocycles. The number of para-hydroxylation sites is 2. The average molecular weight is 541 g/mol. The van der Waals surface area contributed by atoms with Crippen molar-refractivity contribution in [2.45, 2.75) is 13.0 Å². The molecule has 37 heavy (non-hydrogen) atoms. The Hall–Kier alpha value is -3.11. The first kappa shape index (κ1) is 25.5. The van der Waals surface area contributed by atoms with Crippen LogP contribution in [0.3, 0.4) is 0 Å². The number of imidazole rings is 1. The number of benzene rings is 2. The molecule has 1 atom stereocenters. The van der Waals surface area contributed by atoms with Crippen LogP contribution < -0.4 is 14.8 Å². The van der Waals surface area contributed by atoms with Gasteiger partial charge in [-0.2, -0.15) is 0 Å². The Morgan fingerprint density at radius 3 is 2.78 bits per heavy atom. The van der Waals surface area contributed by atoms with Crippen molar-refractivity contribution >= 4 is 39.9 Å². The molecule has 1 N–H and O–H groups in total. The number of carbonyl (C=O) groups excluding carboxylic acids is 1. The van der Waals surface area contributed by atoms with Gasteiger partial charge in [0.25, 0.3) is 0 Å². The van der Waals surface area contributed by atoms with Crippen LogP contribution in [0, 0.1) is 0 Å². The molecule has 5 rings (SSSR count). The quantitative estimate of drug-likeness (QED) is 0.301. The van der Waals surface area contributed by atoms with Crippen molar-refractivity contribution in [3.05, 3.63) is 70.3 Å². The van der Waals surface area contributed by atoms with Crippen molar-refractivity contribution in [2.24, 2.45) is 0 Å². The maximum Gasteiger partial charge on any atom is 0.351 e. The lowest BCUT2D eigenvalue weighted by molar-refractivity contribution is 0.0600. The summed E-state index contributed by atoms with van der Waals surface area (Å²) >= 11 is 8.03. The zero-order valence-electron chi connectivity index (χ0n) is 20.8. The molecule has 1 aliphatic rings. The van der Waals surface area contributed by atoms with E-state index < -0.39 is 12.1 Å². The minimum absolute atomic E-state index is 0.377. The molecule has 10 heteroatoms. The summed E-state index contributed by atoms with van der Waals surface area (Å²) in [6.07, 6.45) is 1.30. The van der Waals surface area contributed by atoms with Gasteiger partial charge in [0, 0.05) is 44.4 Å². The summed E-state index contributed by atoms with van der Waals surface area (Å²) in [5, 5.41) is 4.66. The summed E-state index contributed by atoms with van der Waals surface area (Å²) in [6.45, 7) is 7.33. The maximum atomic E-state index is 12.6. The largest absolute Gasteiger partial charge is 0.491 e. The lowest BCUT2D eigenvalue weighted by Gasteiger charge is -2.27. The van der Waals surface area contributed by atoms with E-state index in [1.165, 1.54) is 18.4 Å². The summed E-state index contributed by atoms with van der Waals surface area (Å²) in [5.41, 5.74) is 2.58. The second-order valence-electron chi connectivity index (χ2n) is 8.73. The van der Waals surface area contributed by atoms with Crippen LogP contribution in [0.4, 0.5) is 0 Å². The number of rotatable bonds is 9. The Morgan fingerprint density at radius 1 is 1.16 bits per heavy atom. The van der Waals surface area contributed by atoms with Gasteiger partial charge in [0.1, 0.15) is 35.5 Å². The fraction of sp³-hybridized carbons (Fsp3) is 0.333. The van der Waals surface area contributed by atoms with Crippen LogP contribution in [0.5, 0.6) is 11.5 Å². The van der Waals surface area contributed by atoms with Crippen molar-refractivity contribution < 1.29 is 19.0 Å². The Bertz CT molecular complexity index is 1380. The van der Waals surface area contributed by atoms with E-state index >= 15 is 0 Å². The van der Waals surface area contributed by atoms with Crippen LogP contribution in [-0.2, 0) is 4.74 Å². The number of fused-ring (bicyclic) bond motifs is 1. The van der Waals surface area contributed by atoms with Crippen LogP contribution in [0.25, 0.3) is 16.0 Å². The number of hydrogen-bond acceptors (Lipinski definition) is 8. The normalized spacial score (nSPS) is 15.0. The second kappa shape index (κ2) is 11.5. The number of nitrogens with one attached hydrogen (secondary N) is 1. The van der Waals surface area contributed by atoms with E-state index in [0.29, 0.717) is 28.0 Å². The molecule has 2 aromatic heterocycles. The van der Waals surface area contributed by atoms with E-state index in [2.05, 4.69) is 15.2 Å². The van der Waals surface area contributed by atoms with Gasteiger partial charge in [-0.1, -0.05) is 35.9 Å². The maximum absolute atomic E-state index is 12.6. The van der Waals surface area contributed by atoms with Crippen LogP contribution in [0.15, 0.2) is 54.9 Å². The van der Waals surface area contributed by atoms with Gasteiger partial charge >= 0.3 is 5.97 Å². The minimum atomic E-state index is -0.459. The molecule has 0 unspecified atom stereocenters. The van der Waals surface area contributed by atoms with Gasteiger partial charge in [0.2, 0.25) is 0 Å². The Morgan fingerprint density at radius 2 is 1.97 bits per heavy atom. The molecule has 1 saturated heterocycles. The van der Waals surface area contributed by atoms with Crippen molar-refractivity contribution in [1.29, 1.82) is 0 Å². The van der Waals surface area contributed by atoms with Crippen LogP contribution in [0.2, 0.25) is 5.02 Å². The molecular weight excluding hydrogens is 512 g/mol. The monoisotopic (exact) mass is 540 g/mol. The SMILES string of the molecule is COC(=O)c1sc(-n2cnc3ccccc32)cc1O[C@H](C)c1cccc(OCCN2CCNCC2)c1Cl. The number of hydrogen-bond donors (Lipinski definition) is 1. The Kier molecular flexibility index (Phi) is 7.95. The van der Waals surface area contributed by atoms with Crippen molar-refractivity contribution in [1.82, 2.24) is 19.8 Å². The van der Waals surface area contributed by atoms with Gasteiger partial charge in [-0.25, -0.2) is 9.78 Å². The van der Waals surface area contributed by atoms with Crippen molar-refractivity contribution in [3.8, 4) is 16.5 Å². The van der Waals surface area contributed by atoms with Gasteiger partial charge < -0.3 is 19.5 Å². The first-order chi connectivity index (χ1) is 18.0. The van der Waals surface area contributed by atoms with E-state index in [-0.39, 0.29) is 0 Å². The highest BCUT2D eigenvalue weighted by Crippen LogP contribution is 2.39. The zero-order chi connectivity index (χ0) is 25.8. The predicted octanol–water partition coefficient (Wildman–Crippen LogP) is 4.95. The van der Waals surface area contributed by atoms with Gasteiger partial charge in [-0.15, -0.1) is 11.3 Å². The van der Waals surface area contributed by atoms with Crippen molar-refractivity contribution in [3.63, 3.8) is 0 Å². The third-order valence-electron chi connectivity index (χ3n) is 6.36. The third kappa shape index (κ3) is 5.60. The highest BCUT2D eigenvalue weighted by Gasteiger charge is 2.23. The topological polar surface area (TPSA) is 77.9 Å². The summed E-state index contributed by atoms with van der Waals surface area (Å²) in [4.78, 5) is 19.8. The summed E-state index contributed by atoms with van der Waals surface area (Å²) in [6, 6.07) is 15.3. The molecule has 0 amide bonds. The van der Waals surface area contributed by atoms with E-state index in [1.807, 2.05) is 60.0 Å². The summed E-state index contributed by atoms with van der Waals surface area (Å²) in [5.74, 6) is 0.589. The molecule has 2 aromatic carbocycles. The number of piperazine rings is 1. The summed E-state index contributed by atoms with van der Waals surface area (Å²) < 4.78 is 19.3. The van der Waals surface area contributed by atoms with Crippen LogP contribution in [0.1, 0.15) is 28.3 Å². The van der Waals surface area contributed by atoms with E-state index in [4.69, 9.17) is 25.8 Å².